The largest absolute Gasteiger partial charge is 0.455 e. The molecule has 0 saturated heterocycles. The lowest BCUT2D eigenvalue weighted by Gasteiger charge is -2.27. The van der Waals surface area contributed by atoms with Gasteiger partial charge in [-0.15, -0.1) is 0 Å². The quantitative estimate of drug-likeness (QED) is 0.125. The first kappa shape index (κ1) is 32.6. The van der Waals surface area contributed by atoms with Crippen LogP contribution in [-0.2, 0) is 0 Å². The van der Waals surface area contributed by atoms with Crippen molar-refractivity contribution in [3.8, 4) is 77.9 Å². The summed E-state index contributed by atoms with van der Waals surface area (Å²) in [6.07, 6.45) is 0. The van der Waals surface area contributed by atoms with Crippen LogP contribution in [0.3, 0.4) is 0 Å². The Morgan fingerprint density at radius 1 is 0.224 bits per heavy atom. The molecular formula is C56H34O2. The van der Waals surface area contributed by atoms with Crippen LogP contribution >= 0.6 is 0 Å². The van der Waals surface area contributed by atoms with Crippen LogP contribution in [-0.4, -0.2) is 0 Å². The van der Waals surface area contributed by atoms with E-state index in [1.54, 1.807) is 0 Å². The molecule has 0 fully saturated rings. The molecule has 2 aliphatic rings. The lowest BCUT2D eigenvalue weighted by molar-refractivity contribution is 0.649. The van der Waals surface area contributed by atoms with E-state index in [9.17, 15) is 0 Å². The zero-order valence-electron chi connectivity index (χ0n) is 31.4. The smallest absolute Gasteiger partial charge is 0.144 e. The summed E-state index contributed by atoms with van der Waals surface area (Å²) in [5, 5.41) is 4.37. The standard InChI is InChI=1S/C56H34O2/c1-7-19-35(20-8-1)41-31-43(37-23-11-3-12-24-37)53-49-47(41)33-45(39-27-15-5-16-28-39)55-51(49)52-50-48(34-46(56(52)57-53)40-29-17-6-18-30-40)42(36-21-9-2-10-22-36)32-44(54(50)58-55)38-25-13-4-14-26-38/h1-34H. The van der Waals surface area contributed by atoms with Crippen molar-refractivity contribution in [2.75, 3.05) is 0 Å². The fourth-order valence-electron chi connectivity index (χ4n) is 9.22. The SMILES string of the molecule is c1ccc(-c2cc3c(-c4ccccc4)cc(-c4ccccc4)c4oc5c(-c6ccccc6)cc6c(-c7ccccc7)cc(-c7ccccc7)c7oc2c(c34)-c5c67)cc1. The molecule has 12 rings (SSSR count). The van der Waals surface area contributed by atoms with Gasteiger partial charge in [0.1, 0.15) is 22.3 Å². The van der Waals surface area contributed by atoms with Gasteiger partial charge < -0.3 is 8.83 Å². The molecule has 0 aliphatic carbocycles. The van der Waals surface area contributed by atoms with Crippen molar-refractivity contribution < 1.29 is 8.83 Å². The van der Waals surface area contributed by atoms with E-state index in [1.807, 2.05) is 0 Å². The lowest BCUT2D eigenvalue weighted by atomic mass is 9.80. The fraction of sp³-hybridized carbons (Fsp3) is 0. The molecule has 0 unspecified atom stereocenters. The molecule has 0 spiro atoms. The highest BCUT2D eigenvalue weighted by Crippen LogP contribution is 2.57. The van der Waals surface area contributed by atoms with Crippen LogP contribution in [0, 0.1) is 0 Å². The highest BCUT2D eigenvalue weighted by molar-refractivity contribution is 6.32. The minimum absolute atomic E-state index is 0.843. The number of rotatable bonds is 6. The Hall–Kier alpha value is -7.68. The van der Waals surface area contributed by atoms with Gasteiger partial charge in [-0.05, 0) is 79.5 Å². The van der Waals surface area contributed by atoms with Gasteiger partial charge in [0.05, 0.1) is 0 Å². The minimum Gasteiger partial charge on any atom is -0.455 e. The molecule has 0 atom stereocenters. The fourth-order valence-corrected chi connectivity index (χ4v) is 9.22. The molecule has 2 nitrogen and oxygen atoms in total. The summed E-state index contributed by atoms with van der Waals surface area (Å²) in [6, 6.07) is 73.5. The third-order valence-corrected chi connectivity index (χ3v) is 11.8. The Morgan fingerprint density at radius 3 is 0.741 bits per heavy atom. The molecule has 0 amide bonds. The van der Waals surface area contributed by atoms with Gasteiger partial charge >= 0.3 is 0 Å². The Bertz CT molecular complexity index is 3150. The Kier molecular flexibility index (Phi) is 7.26. The molecule has 0 aromatic heterocycles. The van der Waals surface area contributed by atoms with E-state index in [-0.39, 0.29) is 0 Å². The van der Waals surface area contributed by atoms with Gasteiger partial charge in [0, 0.05) is 44.2 Å². The van der Waals surface area contributed by atoms with E-state index in [2.05, 4.69) is 206 Å². The van der Waals surface area contributed by atoms with Gasteiger partial charge in [-0.2, -0.15) is 0 Å². The van der Waals surface area contributed by atoms with E-state index in [4.69, 9.17) is 8.83 Å². The number of hydrogen-bond donors (Lipinski definition) is 0. The molecule has 270 valence electrons. The predicted molar refractivity (Wildman–Crippen MR) is 241 cm³/mol. The predicted octanol–water partition coefficient (Wildman–Crippen LogP) is 16.0. The van der Waals surface area contributed by atoms with Crippen molar-refractivity contribution in [1.82, 2.24) is 0 Å². The maximum absolute atomic E-state index is 7.58. The topological polar surface area (TPSA) is 26.3 Å². The minimum atomic E-state index is 0.843. The summed E-state index contributed by atoms with van der Waals surface area (Å²) < 4.78 is 15.2. The second kappa shape index (κ2) is 12.9. The Balaban J connectivity index is 1.39. The maximum Gasteiger partial charge on any atom is 0.144 e. The molecular weight excluding hydrogens is 705 g/mol. The molecule has 0 bridgehead atoms. The van der Waals surface area contributed by atoms with Gasteiger partial charge in [-0.1, -0.05) is 182 Å². The Labute approximate surface area is 335 Å². The van der Waals surface area contributed by atoms with Gasteiger partial charge in [-0.25, -0.2) is 0 Å². The molecule has 0 N–H and O–H groups in total. The normalized spacial score (nSPS) is 11.8. The van der Waals surface area contributed by atoms with Gasteiger partial charge in [-0.3, -0.25) is 0 Å². The molecule has 0 radical (unpaired) electrons. The third-order valence-electron chi connectivity index (χ3n) is 11.8. The summed E-state index contributed by atoms with van der Waals surface area (Å²) in [6.45, 7) is 0. The monoisotopic (exact) mass is 738 g/mol. The van der Waals surface area contributed by atoms with Gasteiger partial charge in [0.15, 0.2) is 0 Å². The molecule has 2 heterocycles. The first-order valence-corrected chi connectivity index (χ1v) is 19.8. The average molecular weight is 739 g/mol. The van der Waals surface area contributed by atoms with Crippen LogP contribution in [0.15, 0.2) is 215 Å². The average Bonchev–Trinajstić information content (AvgIpc) is 3.31. The van der Waals surface area contributed by atoms with E-state index in [1.165, 1.54) is 0 Å². The summed E-state index contributed by atoms with van der Waals surface area (Å²) >= 11 is 0. The van der Waals surface area contributed by atoms with Crippen molar-refractivity contribution in [3.05, 3.63) is 206 Å². The van der Waals surface area contributed by atoms with Crippen LogP contribution < -0.4 is 0 Å². The molecule has 2 aliphatic heterocycles. The molecule has 0 saturated carbocycles. The molecule has 58 heavy (non-hydrogen) atoms. The van der Waals surface area contributed by atoms with Crippen molar-refractivity contribution in [3.63, 3.8) is 0 Å². The summed E-state index contributed by atoms with van der Waals surface area (Å²) in [5.74, 6) is 0. The van der Waals surface area contributed by atoms with Gasteiger partial charge in [0.25, 0.3) is 0 Å². The van der Waals surface area contributed by atoms with Crippen LogP contribution in [0.2, 0.25) is 0 Å². The second-order valence-corrected chi connectivity index (χ2v) is 15.1. The summed E-state index contributed by atoms with van der Waals surface area (Å²) in [4.78, 5) is 0. The highest BCUT2D eigenvalue weighted by atomic mass is 16.3. The van der Waals surface area contributed by atoms with E-state index < -0.39 is 0 Å². The van der Waals surface area contributed by atoms with Crippen LogP contribution in [0.5, 0.6) is 0 Å². The third kappa shape index (κ3) is 4.92. The van der Waals surface area contributed by atoms with Crippen molar-refractivity contribution in [2.45, 2.75) is 0 Å². The van der Waals surface area contributed by atoms with Crippen LogP contribution in [0.1, 0.15) is 0 Å². The lowest BCUT2D eigenvalue weighted by Crippen LogP contribution is -2.01. The van der Waals surface area contributed by atoms with Crippen molar-refractivity contribution in [1.29, 1.82) is 0 Å². The maximum atomic E-state index is 7.58. The summed E-state index contributed by atoms with van der Waals surface area (Å²) in [7, 11) is 0. The van der Waals surface area contributed by atoms with Crippen molar-refractivity contribution >= 4 is 43.9 Å². The number of hydrogen-bond acceptors (Lipinski definition) is 2. The first-order chi connectivity index (χ1) is 28.8. The van der Waals surface area contributed by atoms with Crippen LogP contribution in [0.4, 0.5) is 0 Å². The first-order valence-electron chi connectivity index (χ1n) is 19.8. The molecule has 10 aromatic rings. The van der Waals surface area contributed by atoms with Gasteiger partial charge in [0.2, 0.25) is 0 Å². The van der Waals surface area contributed by atoms with E-state index in [0.717, 1.165) is 122 Å². The van der Waals surface area contributed by atoms with Crippen molar-refractivity contribution in [2.24, 2.45) is 0 Å². The zero-order valence-corrected chi connectivity index (χ0v) is 31.4. The molecule has 2 heteroatoms. The zero-order chi connectivity index (χ0) is 38.2. The molecule has 10 aromatic carbocycles. The second-order valence-electron chi connectivity index (χ2n) is 15.1. The van der Waals surface area contributed by atoms with E-state index >= 15 is 0 Å². The highest BCUT2D eigenvalue weighted by Gasteiger charge is 2.33. The number of benzene rings is 10. The summed E-state index contributed by atoms with van der Waals surface area (Å²) in [5.41, 5.74) is 18.7. The Morgan fingerprint density at radius 2 is 0.466 bits per heavy atom. The van der Waals surface area contributed by atoms with Crippen LogP contribution in [0.25, 0.3) is 122 Å². The van der Waals surface area contributed by atoms with E-state index in [0.29, 0.717) is 0 Å².